The van der Waals surface area contributed by atoms with Crippen molar-refractivity contribution in [1.29, 1.82) is 5.26 Å². The van der Waals surface area contributed by atoms with Gasteiger partial charge in [0.1, 0.15) is 18.2 Å². The molecule has 0 bridgehead atoms. The average Bonchev–Trinajstić information content (AvgIpc) is 2.34. The van der Waals surface area contributed by atoms with Gasteiger partial charge in [-0.1, -0.05) is 0 Å². The van der Waals surface area contributed by atoms with E-state index in [0.717, 1.165) is 0 Å². The number of aliphatic carboxylic acids is 1. The highest BCUT2D eigenvalue weighted by atomic mass is 16.5. The third kappa shape index (κ3) is 11.0. The van der Waals surface area contributed by atoms with E-state index in [4.69, 9.17) is 15.1 Å². The predicted molar refractivity (Wildman–Crippen MR) is 86.1 cm³/mol. The van der Waals surface area contributed by atoms with Gasteiger partial charge in [0, 0.05) is 11.8 Å². The number of hydrogen-bond donors (Lipinski definition) is 1. The zero-order valence-corrected chi connectivity index (χ0v) is 14.5. The van der Waals surface area contributed by atoms with E-state index >= 15 is 0 Å². The third-order valence-electron chi connectivity index (χ3n) is 2.12. The van der Waals surface area contributed by atoms with Crippen molar-refractivity contribution in [3.8, 4) is 6.07 Å². The number of ether oxygens (including phenoxy) is 1. The smallest absolute Gasteiger partial charge is 0.311 e. The van der Waals surface area contributed by atoms with Crippen molar-refractivity contribution in [2.45, 2.75) is 59.2 Å². The lowest BCUT2D eigenvalue weighted by molar-refractivity contribution is -0.135. The Morgan fingerprint density at radius 1 is 1.22 bits per heavy atom. The summed E-state index contributed by atoms with van der Waals surface area (Å²) >= 11 is 0. The first-order valence-electron chi connectivity index (χ1n) is 7.15. The Bertz CT molecular complexity index is 578. The van der Waals surface area contributed by atoms with Crippen LogP contribution in [0.2, 0.25) is 0 Å². The molecule has 0 saturated carbocycles. The lowest BCUT2D eigenvalue weighted by Gasteiger charge is -2.30. The number of nitrogens with zero attached hydrogens (tertiary/aromatic N) is 2. The van der Waals surface area contributed by atoms with Crippen molar-refractivity contribution in [3.63, 3.8) is 0 Å². The van der Waals surface area contributed by atoms with Crippen LogP contribution in [0.1, 0.15) is 64.0 Å². The summed E-state index contributed by atoms with van der Waals surface area (Å²) in [7, 11) is 0. The van der Waals surface area contributed by atoms with Gasteiger partial charge >= 0.3 is 5.97 Å². The van der Waals surface area contributed by atoms with Crippen molar-refractivity contribution in [2.24, 2.45) is 0 Å². The van der Waals surface area contributed by atoms with Crippen molar-refractivity contribution < 1.29 is 19.4 Å². The average molecular weight is 320 g/mol. The van der Waals surface area contributed by atoms with Gasteiger partial charge in [-0.15, -0.1) is 0 Å². The van der Waals surface area contributed by atoms with Gasteiger partial charge in [0.05, 0.1) is 11.2 Å². The van der Waals surface area contributed by atoms with E-state index in [0.29, 0.717) is 0 Å². The van der Waals surface area contributed by atoms with Crippen molar-refractivity contribution >= 4 is 11.8 Å². The Morgan fingerprint density at radius 2 is 1.74 bits per heavy atom. The quantitative estimate of drug-likeness (QED) is 0.678. The van der Waals surface area contributed by atoms with Crippen molar-refractivity contribution in [3.05, 3.63) is 29.6 Å². The molecule has 0 unspecified atom stereocenters. The highest BCUT2D eigenvalue weighted by Gasteiger charge is 2.20. The molecule has 0 radical (unpaired) electrons. The summed E-state index contributed by atoms with van der Waals surface area (Å²) in [6.07, 6.45) is 0.725. The van der Waals surface area contributed by atoms with Gasteiger partial charge in [0.25, 0.3) is 0 Å². The van der Waals surface area contributed by atoms with E-state index in [9.17, 15) is 9.59 Å². The minimum absolute atomic E-state index is 0.0156. The van der Waals surface area contributed by atoms with Crippen LogP contribution in [0.3, 0.4) is 0 Å². The number of carboxylic acids is 1. The molecule has 0 atom stereocenters. The van der Waals surface area contributed by atoms with E-state index in [1.165, 1.54) is 18.3 Å². The summed E-state index contributed by atoms with van der Waals surface area (Å²) in [5, 5.41) is 16.9. The Morgan fingerprint density at radius 3 is 2.09 bits per heavy atom. The molecule has 0 aliphatic heterocycles. The molecule has 1 aromatic heterocycles. The number of hydrogen-bond acceptors (Lipinski definition) is 5. The first kappa shape index (κ1) is 20.7. The summed E-state index contributed by atoms with van der Waals surface area (Å²) in [6, 6.07) is 4.41. The molecule has 0 spiro atoms. The second-order valence-corrected chi connectivity index (χ2v) is 6.86. The molecule has 0 aromatic carbocycles. The van der Waals surface area contributed by atoms with Crippen molar-refractivity contribution in [1.82, 2.24) is 4.98 Å². The molecule has 0 saturated heterocycles. The fourth-order valence-corrected chi connectivity index (χ4v) is 1.82. The number of nitriles is 1. The summed E-state index contributed by atoms with van der Waals surface area (Å²) in [5.41, 5.74) is 0.261. The lowest BCUT2D eigenvalue weighted by atomic mass is 10.1. The molecule has 0 amide bonds. The topological polar surface area (TPSA) is 100 Å². The van der Waals surface area contributed by atoms with Crippen LogP contribution in [-0.2, 0) is 9.53 Å². The molecule has 1 N–H and O–H groups in total. The molecular formula is C17H24N2O4. The maximum Gasteiger partial charge on any atom is 0.311 e. The number of carbonyl (C=O) groups excluding carboxylic acids is 1. The van der Waals surface area contributed by atoms with Gasteiger partial charge in [-0.2, -0.15) is 5.26 Å². The minimum Gasteiger partial charge on any atom is -0.481 e. The molecule has 6 heteroatoms. The van der Waals surface area contributed by atoms with Gasteiger partial charge in [-0.3, -0.25) is 9.59 Å². The molecular weight excluding hydrogens is 296 g/mol. The molecule has 23 heavy (non-hydrogen) atoms. The SMILES string of the molecule is CC(C)(C)OC(C)(C)C.N#Cc1cc(C(=O)CC(=O)O)ccn1. The molecule has 0 aliphatic rings. The Labute approximate surface area is 137 Å². The van der Waals surface area contributed by atoms with Crippen LogP contribution in [0, 0.1) is 11.3 Å². The zero-order valence-electron chi connectivity index (χ0n) is 14.5. The molecule has 1 aromatic rings. The second kappa shape index (κ2) is 8.39. The Kier molecular flexibility index (Phi) is 7.57. The number of rotatable bonds is 3. The number of ketones is 1. The number of carbonyl (C=O) groups is 2. The zero-order chi connectivity index (χ0) is 18.3. The molecule has 0 aliphatic carbocycles. The first-order chi connectivity index (χ1) is 10.3. The molecule has 1 heterocycles. The van der Waals surface area contributed by atoms with Gasteiger partial charge in [-0.25, -0.2) is 4.98 Å². The van der Waals surface area contributed by atoms with E-state index in [1.54, 1.807) is 6.07 Å². The monoisotopic (exact) mass is 320 g/mol. The summed E-state index contributed by atoms with van der Waals surface area (Å²) in [5.74, 6) is -1.72. The highest BCUT2D eigenvalue weighted by molar-refractivity contribution is 6.05. The number of pyridine rings is 1. The van der Waals surface area contributed by atoms with Crippen LogP contribution in [0.5, 0.6) is 0 Å². The van der Waals surface area contributed by atoms with E-state index < -0.39 is 18.2 Å². The van der Waals surface area contributed by atoms with E-state index in [-0.39, 0.29) is 22.5 Å². The summed E-state index contributed by atoms with van der Waals surface area (Å²) in [4.78, 5) is 25.1. The van der Waals surface area contributed by atoms with Gasteiger partial charge in [0.2, 0.25) is 0 Å². The van der Waals surface area contributed by atoms with Crippen LogP contribution in [-0.4, -0.2) is 33.0 Å². The normalized spacial score (nSPS) is 11.0. The fourth-order valence-electron chi connectivity index (χ4n) is 1.82. The second-order valence-electron chi connectivity index (χ2n) is 6.86. The predicted octanol–water partition coefficient (Wildman–Crippen LogP) is 3.21. The highest BCUT2D eigenvalue weighted by Crippen LogP contribution is 2.18. The Hall–Kier alpha value is -2.26. The van der Waals surface area contributed by atoms with E-state index in [2.05, 4.69) is 46.5 Å². The van der Waals surface area contributed by atoms with Crippen LogP contribution in [0.15, 0.2) is 18.3 Å². The Balaban J connectivity index is 0.000000468. The van der Waals surface area contributed by atoms with Crippen molar-refractivity contribution in [2.75, 3.05) is 0 Å². The standard InChI is InChI=1S/C9H6N2O3.C8H18O/c10-5-7-3-6(1-2-11-7)8(12)4-9(13)14;1-7(2,3)9-8(4,5)6/h1-3H,4H2,(H,13,14);1-6H3. The largest absolute Gasteiger partial charge is 0.481 e. The van der Waals surface area contributed by atoms with E-state index in [1.807, 2.05) is 0 Å². The maximum absolute atomic E-state index is 11.2. The number of aromatic nitrogens is 1. The van der Waals surface area contributed by atoms with Gasteiger partial charge in [-0.05, 0) is 53.7 Å². The molecule has 126 valence electrons. The maximum atomic E-state index is 11.2. The van der Waals surface area contributed by atoms with Crippen LogP contribution in [0.4, 0.5) is 0 Å². The van der Waals surface area contributed by atoms with Crippen LogP contribution < -0.4 is 0 Å². The molecule has 1 rings (SSSR count). The van der Waals surface area contributed by atoms with Gasteiger partial charge in [0.15, 0.2) is 5.78 Å². The molecule has 0 fully saturated rings. The fraction of sp³-hybridized carbons (Fsp3) is 0.529. The summed E-state index contributed by atoms with van der Waals surface area (Å²) < 4.78 is 5.62. The minimum atomic E-state index is -1.19. The lowest BCUT2D eigenvalue weighted by Crippen LogP contribution is -2.31. The van der Waals surface area contributed by atoms with Crippen LogP contribution >= 0.6 is 0 Å². The molecule has 6 nitrogen and oxygen atoms in total. The number of carboxylic acid groups (broad SMARTS) is 1. The summed E-state index contributed by atoms with van der Waals surface area (Å²) in [6.45, 7) is 12.4. The van der Waals surface area contributed by atoms with Crippen LogP contribution in [0.25, 0.3) is 0 Å². The van der Waals surface area contributed by atoms with Gasteiger partial charge < -0.3 is 9.84 Å². The third-order valence-corrected chi connectivity index (χ3v) is 2.12. The first-order valence-corrected chi connectivity index (χ1v) is 7.15. The number of Topliss-reactive ketones (excluding diaryl/α,β-unsaturated/α-hetero) is 1.